The highest BCUT2D eigenvalue weighted by Crippen LogP contribution is 2.28. The molecule has 1 aliphatic heterocycles. The monoisotopic (exact) mass is 191 g/mol. The predicted molar refractivity (Wildman–Crippen MR) is 57.9 cm³/mol. The zero-order valence-corrected chi connectivity index (χ0v) is 8.31. The van der Waals surface area contributed by atoms with Gasteiger partial charge >= 0.3 is 0 Å². The summed E-state index contributed by atoms with van der Waals surface area (Å²) in [5, 5.41) is 3.31. The molecule has 0 atom stereocenters. The van der Waals surface area contributed by atoms with Crippen molar-refractivity contribution in [1.29, 1.82) is 0 Å². The van der Waals surface area contributed by atoms with Gasteiger partial charge in [0.15, 0.2) is 0 Å². The van der Waals surface area contributed by atoms with Crippen LogP contribution in [0.25, 0.3) is 0 Å². The lowest BCUT2D eigenvalue weighted by Gasteiger charge is -2.12. The van der Waals surface area contributed by atoms with Crippen LogP contribution in [0, 0.1) is 0 Å². The summed E-state index contributed by atoms with van der Waals surface area (Å²) in [7, 11) is 0. The summed E-state index contributed by atoms with van der Waals surface area (Å²) < 4.78 is 0. The molecule has 0 saturated carbocycles. The molecule has 0 saturated heterocycles. The topological polar surface area (TPSA) is 12.0 Å². The third-order valence-corrected chi connectivity index (χ3v) is 3.16. The number of hydrogen-bond donors (Lipinski definition) is 1. The van der Waals surface area contributed by atoms with E-state index in [9.17, 15) is 0 Å². The molecule has 68 valence electrons. The van der Waals surface area contributed by atoms with Gasteiger partial charge in [0.05, 0.1) is 0 Å². The molecular weight excluding hydrogens is 178 g/mol. The second-order valence-corrected chi connectivity index (χ2v) is 4.24. The van der Waals surface area contributed by atoms with Gasteiger partial charge in [-0.3, -0.25) is 0 Å². The summed E-state index contributed by atoms with van der Waals surface area (Å²) in [5.74, 6) is 0. The maximum absolute atomic E-state index is 3.31. The van der Waals surface area contributed by atoms with E-state index in [1.807, 2.05) is 11.8 Å². The van der Waals surface area contributed by atoms with Crippen molar-refractivity contribution in [1.82, 2.24) is 5.32 Å². The van der Waals surface area contributed by atoms with Gasteiger partial charge in [0.2, 0.25) is 0 Å². The summed E-state index contributed by atoms with van der Waals surface area (Å²) in [6, 6.07) is 10.6. The Bertz CT molecular complexity index is 292. The number of rotatable bonds is 2. The second-order valence-electron chi connectivity index (χ2n) is 3.04. The summed E-state index contributed by atoms with van der Waals surface area (Å²) in [6.45, 7) is 2.14. The number of thioether (sulfide) groups is 1. The maximum Gasteiger partial charge on any atom is 0.0145 e. The van der Waals surface area contributed by atoms with E-state index in [0.29, 0.717) is 0 Å². The number of hydrogen-bond acceptors (Lipinski definition) is 2. The third kappa shape index (κ3) is 2.61. The third-order valence-electron chi connectivity index (χ3n) is 2.01. The first-order valence-corrected chi connectivity index (χ1v) is 5.39. The van der Waals surface area contributed by atoms with Crippen molar-refractivity contribution in [2.45, 2.75) is 11.3 Å². The van der Waals surface area contributed by atoms with Crippen LogP contribution in [0.2, 0.25) is 0 Å². The standard InChI is InChI=1S/C11H13NS/c1-2-4-10(5-3-1)13-11-6-8-12-9-7-11/h1-6,12H,7-9H2. The Kier molecular flexibility index (Phi) is 3.06. The Labute approximate surface area is 83.2 Å². The summed E-state index contributed by atoms with van der Waals surface area (Å²) in [5.41, 5.74) is 0. The van der Waals surface area contributed by atoms with Gasteiger partial charge in [0.25, 0.3) is 0 Å². The van der Waals surface area contributed by atoms with E-state index < -0.39 is 0 Å². The summed E-state index contributed by atoms with van der Waals surface area (Å²) in [4.78, 5) is 2.83. The Morgan fingerprint density at radius 2 is 2.00 bits per heavy atom. The number of nitrogens with one attached hydrogen (secondary N) is 1. The average molecular weight is 191 g/mol. The van der Waals surface area contributed by atoms with E-state index >= 15 is 0 Å². The lowest BCUT2D eigenvalue weighted by Crippen LogP contribution is -2.19. The molecule has 2 rings (SSSR count). The molecule has 0 radical (unpaired) electrons. The van der Waals surface area contributed by atoms with Gasteiger partial charge in [-0.2, -0.15) is 0 Å². The quantitative estimate of drug-likeness (QED) is 0.771. The van der Waals surface area contributed by atoms with Crippen LogP contribution in [0.3, 0.4) is 0 Å². The van der Waals surface area contributed by atoms with E-state index in [-0.39, 0.29) is 0 Å². The summed E-state index contributed by atoms with van der Waals surface area (Å²) >= 11 is 1.89. The molecule has 0 aliphatic carbocycles. The van der Waals surface area contributed by atoms with Crippen LogP contribution in [0.5, 0.6) is 0 Å². The highest BCUT2D eigenvalue weighted by atomic mass is 32.2. The Morgan fingerprint density at radius 1 is 1.15 bits per heavy atom. The average Bonchev–Trinajstić information content (AvgIpc) is 2.21. The molecule has 0 fully saturated rings. The first-order chi connectivity index (χ1) is 6.45. The van der Waals surface area contributed by atoms with Crippen molar-refractivity contribution < 1.29 is 0 Å². The lowest BCUT2D eigenvalue weighted by atomic mass is 10.3. The minimum atomic E-state index is 1.02. The van der Waals surface area contributed by atoms with Gasteiger partial charge in [0.1, 0.15) is 0 Å². The largest absolute Gasteiger partial charge is 0.313 e. The lowest BCUT2D eigenvalue weighted by molar-refractivity contribution is 0.722. The minimum absolute atomic E-state index is 1.02. The van der Waals surface area contributed by atoms with Gasteiger partial charge < -0.3 is 5.32 Å². The zero-order valence-electron chi connectivity index (χ0n) is 7.49. The SMILES string of the molecule is C1=C(Sc2ccccc2)CCNC1. The van der Waals surface area contributed by atoms with Crippen molar-refractivity contribution >= 4 is 11.8 Å². The van der Waals surface area contributed by atoms with Crippen molar-refractivity contribution in [2.24, 2.45) is 0 Å². The fourth-order valence-corrected chi connectivity index (χ4v) is 2.30. The van der Waals surface area contributed by atoms with Crippen molar-refractivity contribution in [2.75, 3.05) is 13.1 Å². The molecule has 1 aliphatic rings. The molecule has 13 heavy (non-hydrogen) atoms. The normalized spacial score (nSPS) is 16.8. The molecule has 0 aromatic heterocycles. The van der Waals surface area contributed by atoms with Gasteiger partial charge in [0, 0.05) is 11.4 Å². The van der Waals surface area contributed by atoms with E-state index in [2.05, 4.69) is 41.7 Å². The van der Waals surface area contributed by atoms with Crippen LogP contribution in [-0.4, -0.2) is 13.1 Å². The molecule has 1 aromatic carbocycles. The van der Waals surface area contributed by atoms with E-state index in [0.717, 1.165) is 13.1 Å². The highest BCUT2D eigenvalue weighted by Gasteiger charge is 2.03. The highest BCUT2D eigenvalue weighted by molar-refractivity contribution is 8.03. The van der Waals surface area contributed by atoms with Crippen LogP contribution in [0.15, 0.2) is 46.2 Å². The van der Waals surface area contributed by atoms with Crippen LogP contribution < -0.4 is 5.32 Å². The van der Waals surface area contributed by atoms with Gasteiger partial charge in [-0.1, -0.05) is 36.0 Å². The second kappa shape index (κ2) is 4.49. The molecule has 0 bridgehead atoms. The van der Waals surface area contributed by atoms with Crippen LogP contribution in [0.1, 0.15) is 6.42 Å². The Hall–Kier alpha value is -0.730. The van der Waals surface area contributed by atoms with Gasteiger partial charge in [-0.25, -0.2) is 0 Å². The smallest absolute Gasteiger partial charge is 0.0145 e. The Balaban J connectivity index is 2.01. The molecular formula is C11H13NS. The molecule has 0 amide bonds. The van der Waals surface area contributed by atoms with Crippen molar-refractivity contribution in [3.05, 3.63) is 41.3 Å². The number of benzene rings is 1. The van der Waals surface area contributed by atoms with Crippen LogP contribution in [0.4, 0.5) is 0 Å². The van der Waals surface area contributed by atoms with Crippen LogP contribution >= 0.6 is 11.8 Å². The molecule has 1 aromatic rings. The van der Waals surface area contributed by atoms with E-state index in [1.54, 1.807) is 0 Å². The fourth-order valence-electron chi connectivity index (χ4n) is 1.33. The molecule has 0 spiro atoms. The maximum atomic E-state index is 3.31. The molecule has 1 heterocycles. The molecule has 0 unspecified atom stereocenters. The fraction of sp³-hybridized carbons (Fsp3) is 0.273. The first kappa shape index (κ1) is 8.85. The first-order valence-electron chi connectivity index (χ1n) is 4.58. The van der Waals surface area contributed by atoms with Crippen molar-refractivity contribution in [3.8, 4) is 0 Å². The van der Waals surface area contributed by atoms with Gasteiger partial charge in [-0.15, -0.1) is 0 Å². The van der Waals surface area contributed by atoms with Gasteiger partial charge in [-0.05, 0) is 30.0 Å². The van der Waals surface area contributed by atoms with E-state index in [1.165, 1.54) is 16.2 Å². The zero-order chi connectivity index (χ0) is 8.93. The minimum Gasteiger partial charge on any atom is -0.313 e. The molecule has 2 heteroatoms. The summed E-state index contributed by atoms with van der Waals surface area (Å²) in [6.07, 6.45) is 3.45. The Morgan fingerprint density at radius 3 is 2.69 bits per heavy atom. The predicted octanol–water partition coefficient (Wildman–Crippen LogP) is 2.66. The van der Waals surface area contributed by atoms with Crippen LogP contribution in [-0.2, 0) is 0 Å². The molecule has 1 nitrogen and oxygen atoms in total. The van der Waals surface area contributed by atoms with Crippen molar-refractivity contribution in [3.63, 3.8) is 0 Å². The van der Waals surface area contributed by atoms with E-state index in [4.69, 9.17) is 0 Å². The molecule has 1 N–H and O–H groups in total.